The van der Waals surface area contributed by atoms with Gasteiger partial charge in [0, 0.05) is 46.9 Å². The number of hydrogen-bond donors (Lipinski definition) is 2. The van der Waals surface area contributed by atoms with Crippen LogP contribution < -0.4 is 10.6 Å². The van der Waals surface area contributed by atoms with E-state index in [1.807, 2.05) is 17.5 Å². The highest BCUT2D eigenvalue weighted by Gasteiger charge is 2.14. The molecule has 1 aromatic carbocycles. The fraction of sp³-hybridized carbons (Fsp3) is 0.0952. The average molecular weight is 454 g/mol. The number of halogens is 1. The fourth-order valence-electron chi connectivity index (χ4n) is 2.80. The number of aromatic nitrogens is 3. The molecule has 10 heteroatoms. The minimum absolute atomic E-state index is 0.103. The first kappa shape index (κ1) is 20.8. The first-order valence-electron chi connectivity index (χ1n) is 9.15. The van der Waals surface area contributed by atoms with E-state index in [0.29, 0.717) is 22.2 Å². The smallest absolute Gasteiger partial charge is 0.232 e. The van der Waals surface area contributed by atoms with E-state index in [1.165, 1.54) is 41.7 Å². The molecular formula is C21H16FN5O2S2. The van der Waals surface area contributed by atoms with E-state index in [1.54, 1.807) is 23.8 Å². The minimum Gasteiger partial charge on any atom is -0.326 e. The van der Waals surface area contributed by atoms with Crippen LogP contribution in [0.3, 0.4) is 0 Å². The van der Waals surface area contributed by atoms with Crippen LogP contribution in [0.1, 0.15) is 12.6 Å². The van der Waals surface area contributed by atoms with Crippen molar-refractivity contribution in [2.75, 3.05) is 10.6 Å². The van der Waals surface area contributed by atoms with Gasteiger partial charge in [-0.1, -0.05) is 0 Å². The summed E-state index contributed by atoms with van der Waals surface area (Å²) < 4.78 is 14.4. The third-order valence-electron chi connectivity index (χ3n) is 4.12. The van der Waals surface area contributed by atoms with Gasteiger partial charge >= 0.3 is 0 Å². The van der Waals surface area contributed by atoms with Crippen LogP contribution in [0, 0.1) is 5.82 Å². The van der Waals surface area contributed by atoms with E-state index in [9.17, 15) is 14.0 Å². The zero-order valence-electron chi connectivity index (χ0n) is 16.3. The second-order valence-electron chi connectivity index (χ2n) is 6.52. The molecule has 31 heavy (non-hydrogen) atoms. The Morgan fingerprint density at radius 1 is 1.10 bits per heavy atom. The Morgan fingerprint density at radius 3 is 2.71 bits per heavy atom. The van der Waals surface area contributed by atoms with Gasteiger partial charge in [-0.2, -0.15) is 0 Å². The quantitative estimate of drug-likeness (QED) is 0.444. The lowest BCUT2D eigenvalue weighted by Gasteiger charge is -2.05. The van der Waals surface area contributed by atoms with Gasteiger partial charge in [-0.25, -0.2) is 14.4 Å². The van der Waals surface area contributed by atoms with Crippen molar-refractivity contribution in [1.82, 2.24) is 15.0 Å². The fourth-order valence-corrected chi connectivity index (χ4v) is 4.33. The summed E-state index contributed by atoms with van der Waals surface area (Å²) in [5.74, 6) is -1.05. The second-order valence-corrected chi connectivity index (χ2v) is 8.24. The maximum Gasteiger partial charge on any atom is 0.232 e. The number of benzene rings is 1. The van der Waals surface area contributed by atoms with E-state index in [-0.39, 0.29) is 23.8 Å². The molecular weight excluding hydrogens is 437 g/mol. The second kappa shape index (κ2) is 9.11. The normalized spacial score (nSPS) is 10.6. The predicted molar refractivity (Wildman–Crippen MR) is 119 cm³/mol. The largest absolute Gasteiger partial charge is 0.326 e. The molecule has 2 amide bonds. The van der Waals surface area contributed by atoms with Gasteiger partial charge in [0.05, 0.1) is 17.8 Å². The van der Waals surface area contributed by atoms with Crippen molar-refractivity contribution in [2.24, 2.45) is 0 Å². The molecule has 3 aromatic heterocycles. The van der Waals surface area contributed by atoms with Crippen LogP contribution in [0.25, 0.3) is 21.8 Å². The molecule has 4 rings (SSSR count). The monoisotopic (exact) mass is 453 g/mol. The topological polar surface area (TPSA) is 96.9 Å². The lowest BCUT2D eigenvalue weighted by molar-refractivity contribution is -0.116. The number of anilines is 2. The molecule has 0 aliphatic heterocycles. The summed E-state index contributed by atoms with van der Waals surface area (Å²) in [5, 5.41) is 9.92. The maximum absolute atomic E-state index is 14.4. The Kier molecular flexibility index (Phi) is 6.10. The first-order valence-corrected chi connectivity index (χ1v) is 10.9. The number of hydrogen-bond acceptors (Lipinski definition) is 7. The summed E-state index contributed by atoms with van der Waals surface area (Å²) in [4.78, 5) is 36.3. The third kappa shape index (κ3) is 5.16. The number of nitrogens with one attached hydrogen (secondary N) is 2. The van der Waals surface area contributed by atoms with Crippen LogP contribution in [-0.2, 0) is 16.0 Å². The molecule has 4 aromatic rings. The summed E-state index contributed by atoms with van der Waals surface area (Å²) in [5.41, 5.74) is 2.60. The van der Waals surface area contributed by atoms with Crippen molar-refractivity contribution in [2.45, 2.75) is 13.3 Å². The van der Waals surface area contributed by atoms with Gasteiger partial charge in [-0.15, -0.1) is 22.7 Å². The van der Waals surface area contributed by atoms with Crippen LogP contribution in [-0.4, -0.2) is 26.8 Å². The van der Waals surface area contributed by atoms with E-state index >= 15 is 0 Å². The average Bonchev–Trinajstić information content (AvgIpc) is 3.38. The van der Waals surface area contributed by atoms with Crippen molar-refractivity contribution in [3.05, 3.63) is 65.0 Å². The minimum atomic E-state index is -0.514. The summed E-state index contributed by atoms with van der Waals surface area (Å²) in [6.45, 7) is 1.35. The van der Waals surface area contributed by atoms with E-state index < -0.39 is 5.82 Å². The van der Waals surface area contributed by atoms with Crippen LogP contribution in [0.5, 0.6) is 0 Å². The standard InChI is InChI=1S/C21H16FN5O2S2/c1-12(28)24-14-4-5-16(17(22)7-14)18-11-31-21(26-18)27-19(29)8-15-10-30-20(25-15)13-3-2-6-23-9-13/h2-7,9-11H,8H2,1H3,(H,24,28)(H,26,27,29). The van der Waals surface area contributed by atoms with Gasteiger partial charge in [0.1, 0.15) is 10.8 Å². The van der Waals surface area contributed by atoms with Crippen molar-refractivity contribution in [3.63, 3.8) is 0 Å². The number of carbonyl (C=O) groups excluding carboxylic acids is 2. The Bertz CT molecular complexity index is 1240. The number of amides is 2. The number of carbonyl (C=O) groups is 2. The van der Waals surface area contributed by atoms with Crippen LogP contribution >= 0.6 is 22.7 Å². The number of rotatable bonds is 6. The molecule has 0 fully saturated rings. The van der Waals surface area contributed by atoms with Crippen LogP contribution in [0.15, 0.2) is 53.5 Å². The molecule has 0 aliphatic carbocycles. The molecule has 0 atom stereocenters. The van der Waals surface area contributed by atoms with Gasteiger partial charge in [0.25, 0.3) is 0 Å². The Labute approximate surface area is 185 Å². The maximum atomic E-state index is 14.4. The summed E-state index contributed by atoms with van der Waals surface area (Å²) >= 11 is 2.65. The predicted octanol–water partition coefficient (Wildman–Crippen LogP) is 4.61. The van der Waals surface area contributed by atoms with E-state index in [0.717, 1.165) is 10.6 Å². The summed E-state index contributed by atoms with van der Waals surface area (Å²) in [6.07, 6.45) is 3.52. The third-order valence-corrected chi connectivity index (χ3v) is 5.82. The molecule has 156 valence electrons. The molecule has 0 aliphatic rings. The number of thiazole rings is 2. The van der Waals surface area contributed by atoms with Crippen molar-refractivity contribution >= 4 is 45.3 Å². The Balaban J connectivity index is 1.41. The molecule has 0 unspecified atom stereocenters. The molecule has 0 bridgehead atoms. The van der Waals surface area contributed by atoms with Gasteiger partial charge in [0.2, 0.25) is 11.8 Å². The van der Waals surface area contributed by atoms with Gasteiger partial charge in [-0.3, -0.25) is 14.6 Å². The SMILES string of the molecule is CC(=O)Nc1ccc(-c2csc(NC(=O)Cc3csc(-c4cccnc4)n3)n2)c(F)c1. The van der Waals surface area contributed by atoms with Gasteiger partial charge in [-0.05, 0) is 30.3 Å². The number of pyridine rings is 1. The number of nitrogens with zero attached hydrogens (tertiary/aromatic N) is 3. The van der Waals surface area contributed by atoms with Crippen molar-refractivity contribution in [3.8, 4) is 21.8 Å². The molecule has 7 nitrogen and oxygen atoms in total. The lowest BCUT2D eigenvalue weighted by atomic mass is 10.1. The molecule has 0 radical (unpaired) electrons. The van der Waals surface area contributed by atoms with Crippen molar-refractivity contribution < 1.29 is 14.0 Å². The molecule has 0 spiro atoms. The van der Waals surface area contributed by atoms with Gasteiger partial charge in [0.15, 0.2) is 5.13 Å². The van der Waals surface area contributed by atoms with E-state index in [2.05, 4.69) is 25.6 Å². The molecule has 0 saturated heterocycles. The van der Waals surface area contributed by atoms with Gasteiger partial charge < -0.3 is 10.6 Å². The highest BCUT2D eigenvalue weighted by atomic mass is 32.1. The first-order chi connectivity index (χ1) is 15.0. The summed E-state index contributed by atoms with van der Waals surface area (Å²) in [7, 11) is 0. The Hall–Kier alpha value is -3.50. The molecule has 0 saturated carbocycles. The molecule has 3 heterocycles. The van der Waals surface area contributed by atoms with Crippen LogP contribution in [0.4, 0.5) is 15.2 Å². The zero-order valence-corrected chi connectivity index (χ0v) is 17.9. The Morgan fingerprint density at radius 2 is 1.97 bits per heavy atom. The highest BCUT2D eigenvalue weighted by molar-refractivity contribution is 7.14. The molecule has 2 N–H and O–H groups in total. The summed E-state index contributed by atoms with van der Waals surface area (Å²) in [6, 6.07) is 8.11. The van der Waals surface area contributed by atoms with Crippen LogP contribution in [0.2, 0.25) is 0 Å². The lowest BCUT2D eigenvalue weighted by Crippen LogP contribution is -2.14. The van der Waals surface area contributed by atoms with Crippen molar-refractivity contribution in [1.29, 1.82) is 0 Å². The zero-order chi connectivity index (χ0) is 21.8. The van der Waals surface area contributed by atoms with E-state index in [4.69, 9.17) is 0 Å². The highest BCUT2D eigenvalue weighted by Crippen LogP contribution is 2.29.